The van der Waals surface area contributed by atoms with Gasteiger partial charge >= 0.3 is 0 Å². The summed E-state index contributed by atoms with van der Waals surface area (Å²) in [6.07, 6.45) is 6.83. The van der Waals surface area contributed by atoms with E-state index in [0.717, 1.165) is 29.6 Å². The number of nitrogens with one attached hydrogen (secondary N) is 1. The van der Waals surface area contributed by atoms with E-state index in [1.165, 1.54) is 32.1 Å². The summed E-state index contributed by atoms with van der Waals surface area (Å²) in [5, 5.41) is 12.3. The first-order chi connectivity index (χ1) is 8.78. The Morgan fingerprint density at radius 3 is 2.78 bits per heavy atom. The molecule has 0 aliphatic heterocycles. The molecule has 1 aliphatic carbocycles. The van der Waals surface area contributed by atoms with E-state index in [2.05, 4.69) is 18.3 Å². The summed E-state index contributed by atoms with van der Waals surface area (Å²) in [6.45, 7) is 3.38. The van der Waals surface area contributed by atoms with E-state index < -0.39 is 0 Å². The smallest absolute Gasteiger partial charge is 0.0992 e. The Labute approximate surface area is 110 Å². The average molecular weight is 242 g/mol. The van der Waals surface area contributed by atoms with Gasteiger partial charge in [-0.3, -0.25) is 0 Å². The van der Waals surface area contributed by atoms with Crippen LogP contribution in [0.5, 0.6) is 0 Å². The van der Waals surface area contributed by atoms with Crippen LogP contribution in [0, 0.1) is 23.2 Å². The first-order valence-electron chi connectivity index (χ1n) is 7.02. The van der Waals surface area contributed by atoms with Crippen LogP contribution in [0.15, 0.2) is 24.3 Å². The second-order valence-electron chi connectivity index (χ2n) is 5.53. The predicted octanol–water partition coefficient (Wildman–Crippen LogP) is 4.19. The van der Waals surface area contributed by atoms with Gasteiger partial charge in [-0.2, -0.15) is 5.26 Å². The second-order valence-corrected chi connectivity index (χ2v) is 5.53. The Bertz CT molecular complexity index is 411. The predicted molar refractivity (Wildman–Crippen MR) is 75.4 cm³/mol. The molecule has 2 nitrogen and oxygen atoms in total. The molecule has 0 saturated heterocycles. The molecule has 18 heavy (non-hydrogen) atoms. The average Bonchev–Trinajstić information content (AvgIpc) is 2.41. The SMILES string of the molecule is CC1CCC(CCNc2cccc(C#N)c2)CC1. The molecule has 0 spiro atoms. The van der Waals surface area contributed by atoms with E-state index in [9.17, 15) is 0 Å². The minimum absolute atomic E-state index is 0.728. The molecule has 96 valence electrons. The molecule has 2 rings (SSSR count). The lowest BCUT2D eigenvalue weighted by atomic mass is 9.81. The summed E-state index contributed by atoms with van der Waals surface area (Å²) in [4.78, 5) is 0. The van der Waals surface area contributed by atoms with Crippen molar-refractivity contribution in [3.8, 4) is 6.07 Å². The van der Waals surface area contributed by atoms with Gasteiger partial charge < -0.3 is 5.32 Å². The van der Waals surface area contributed by atoms with E-state index in [0.29, 0.717) is 0 Å². The fraction of sp³-hybridized carbons (Fsp3) is 0.562. The maximum atomic E-state index is 8.84. The van der Waals surface area contributed by atoms with Gasteiger partial charge in [-0.15, -0.1) is 0 Å². The van der Waals surface area contributed by atoms with Crippen LogP contribution >= 0.6 is 0 Å². The molecule has 0 aromatic heterocycles. The van der Waals surface area contributed by atoms with Gasteiger partial charge in [0.05, 0.1) is 11.6 Å². The molecule has 1 aliphatic rings. The monoisotopic (exact) mass is 242 g/mol. The van der Waals surface area contributed by atoms with Gasteiger partial charge in [0.25, 0.3) is 0 Å². The maximum Gasteiger partial charge on any atom is 0.0992 e. The molecule has 0 atom stereocenters. The Morgan fingerprint density at radius 2 is 2.06 bits per heavy atom. The molecule has 0 bridgehead atoms. The number of anilines is 1. The lowest BCUT2D eigenvalue weighted by Gasteiger charge is -2.26. The van der Waals surface area contributed by atoms with E-state index in [1.807, 2.05) is 24.3 Å². The second kappa shape index (κ2) is 6.44. The highest BCUT2D eigenvalue weighted by Crippen LogP contribution is 2.30. The van der Waals surface area contributed by atoms with Gasteiger partial charge in [-0.1, -0.05) is 38.7 Å². The van der Waals surface area contributed by atoms with Gasteiger partial charge in [0.2, 0.25) is 0 Å². The summed E-state index contributed by atoms with van der Waals surface area (Å²) in [5.74, 6) is 1.83. The van der Waals surface area contributed by atoms with Crippen molar-refractivity contribution in [2.75, 3.05) is 11.9 Å². The van der Waals surface area contributed by atoms with Crippen LogP contribution in [0.25, 0.3) is 0 Å². The molecular formula is C16H22N2. The molecule has 0 radical (unpaired) electrons. The van der Waals surface area contributed by atoms with Gasteiger partial charge in [-0.05, 0) is 36.5 Å². The van der Waals surface area contributed by atoms with Crippen LogP contribution in [-0.2, 0) is 0 Å². The fourth-order valence-electron chi connectivity index (χ4n) is 2.74. The van der Waals surface area contributed by atoms with Crippen LogP contribution < -0.4 is 5.32 Å². The van der Waals surface area contributed by atoms with Gasteiger partial charge in [0, 0.05) is 12.2 Å². The number of hydrogen-bond acceptors (Lipinski definition) is 2. The van der Waals surface area contributed by atoms with Crippen LogP contribution in [-0.4, -0.2) is 6.54 Å². The Hall–Kier alpha value is -1.49. The lowest BCUT2D eigenvalue weighted by molar-refractivity contribution is 0.282. The molecule has 0 unspecified atom stereocenters. The Kier molecular flexibility index (Phi) is 4.64. The van der Waals surface area contributed by atoms with Crippen LogP contribution in [0.2, 0.25) is 0 Å². The minimum atomic E-state index is 0.728. The van der Waals surface area contributed by atoms with Crippen molar-refractivity contribution in [1.29, 1.82) is 5.26 Å². The van der Waals surface area contributed by atoms with E-state index in [4.69, 9.17) is 5.26 Å². The molecule has 1 N–H and O–H groups in total. The van der Waals surface area contributed by atoms with Crippen molar-refractivity contribution in [3.63, 3.8) is 0 Å². The third-order valence-corrected chi connectivity index (χ3v) is 4.01. The van der Waals surface area contributed by atoms with E-state index >= 15 is 0 Å². The van der Waals surface area contributed by atoms with Crippen molar-refractivity contribution < 1.29 is 0 Å². The third kappa shape index (κ3) is 3.77. The summed E-state index contributed by atoms with van der Waals surface area (Å²) in [5.41, 5.74) is 1.80. The Morgan fingerprint density at radius 1 is 1.28 bits per heavy atom. The molecule has 1 aromatic carbocycles. The molecule has 2 heteroatoms. The summed E-state index contributed by atoms with van der Waals surface area (Å²) in [7, 11) is 0. The quantitative estimate of drug-likeness (QED) is 0.859. The molecule has 0 amide bonds. The van der Waals surface area contributed by atoms with Gasteiger partial charge in [-0.25, -0.2) is 0 Å². The zero-order valence-electron chi connectivity index (χ0n) is 11.2. The van der Waals surface area contributed by atoms with Crippen molar-refractivity contribution in [2.45, 2.75) is 39.0 Å². The van der Waals surface area contributed by atoms with Gasteiger partial charge in [0.15, 0.2) is 0 Å². The number of nitrogens with zero attached hydrogens (tertiary/aromatic N) is 1. The van der Waals surface area contributed by atoms with Gasteiger partial charge in [0.1, 0.15) is 0 Å². The number of benzene rings is 1. The summed E-state index contributed by atoms with van der Waals surface area (Å²) >= 11 is 0. The number of rotatable bonds is 4. The molecular weight excluding hydrogens is 220 g/mol. The first kappa shape index (κ1) is 13.0. The normalized spacial score (nSPS) is 23.3. The number of nitriles is 1. The molecule has 1 fully saturated rings. The van der Waals surface area contributed by atoms with Crippen molar-refractivity contribution in [1.82, 2.24) is 0 Å². The topological polar surface area (TPSA) is 35.8 Å². The summed E-state index contributed by atoms with van der Waals surface area (Å²) in [6, 6.07) is 9.90. The zero-order valence-corrected chi connectivity index (χ0v) is 11.2. The number of hydrogen-bond donors (Lipinski definition) is 1. The van der Waals surface area contributed by atoms with Crippen molar-refractivity contribution in [2.24, 2.45) is 11.8 Å². The van der Waals surface area contributed by atoms with E-state index in [1.54, 1.807) is 0 Å². The lowest BCUT2D eigenvalue weighted by Crippen LogP contribution is -2.15. The minimum Gasteiger partial charge on any atom is -0.385 e. The first-order valence-corrected chi connectivity index (χ1v) is 7.02. The van der Waals surface area contributed by atoms with Crippen LogP contribution in [0.3, 0.4) is 0 Å². The largest absolute Gasteiger partial charge is 0.385 e. The maximum absolute atomic E-state index is 8.84. The van der Waals surface area contributed by atoms with Crippen molar-refractivity contribution >= 4 is 5.69 Å². The third-order valence-electron chi connectivity index (χ3n) is 4.01. The Balaban J connectivity index is 1.73. The van der Waals surface area contributed by atoms with Crippen LogP contribution in [0.1, 0.15) is 44.6 Å². The van der Waals surface area contributed by atoms with Crippen LogP contribution in [0.4, 0.5) is 5.69 Å². The molecule has 1 saturated carbocycles. The molecule has 1 aromatic rings. The fourth-order valence-corrected chi connectivity index (χ4v) is 2.74. The highest BCUT2D eigenvalue weighted by molar-refractivity contribution is 5.48. The van der Waals surface area contributed by atoms with E-state index in [-0.39, 0.29) is 0 Å². The van der Waals surface area contributed by atoms with Crippen molar-refractivity contribution in [3.05, 3.63) is 29.8 Å². The summed E-state index contributed by atoms with van der Waals surface area (Å²) < 4.78 is 0. The highest BCUT2D eigenvalue weighted by atomic mass is 14.9. The highest BCUT2D eigenvalue weighted by Gasteiger charge is 2.17. The molecule has 0 heterocycles. The zero-order chi connectivity index (χ0) is 12.8. The standard InChI is InChI=1S/C16H22N2/c1-13-5-7-14(8-6-13)9-10-18-16-4-2-3-15(11-16)12-17/h2-4,11,13-14,18H,5-10H2,1H3.